The van der Waals surface area contributed by atoms with Gasteiger partial charge in [0.1, 0.15) is 0 Å². The number of hydrogen-bond acceptors (Lipinski definition) is 4. The second-order valence-corrected chi connectivity index (χ2v) is 3.67. The summed E-state index contributed by atoms with van der Waals surface area (Å²) in [6, 6.07) is 3.87. The average Bonchev–Trinajstić information content (AvgIpc) is 2.69. The molecule has 1 N–H and O–H groups in total. The van der Waals surface area contributed by atoms with Gasteiger partial charge in [0, 0.05) is 30.3 Å². The minimum atomic E-state index is 0.685. The van der Waals surface area contributed by atoms with E-state index >= 15 is 0 Å². The third-order valence-electron chi connectivity index (χ3n) is 2.17. The molecule has 84 valence electrons. The molecule has 0 aliphatic carbocycles. The smallest absolute Gasteiger partial charge is 0.223 e. The van der Waals surface area contributed by atoms with Crippen LogP contribution in [0.25, 0.3) is 0 Å². The largest absolute Gasteiger partial charge is 0.352 e. The van der Waals surface area contributed by atoms with E-state index in [0.29, 0.717) is 5.95 Å². The van der Waals surface area contributed by atoms with Crippen LogP contribution in [0.15, 0.2) is 24.5 Å². The van der Waals surface area contributed by atoms with Crippen molar-refractivity contribution in [1.29, 1.82) is 0 Å². The van der Waals surface area contributed by atoms with Gasteiger partial charge in [0.2, 0.25) is 5.95 Å². The highest BCUT2D eigenvalue weighted by molar-refractivity contribution is 5.27. The van der Waals surface area contributed by atoms with Crippen molar-refractivity contribution in [3.8, 4) is 0 Å². The van der Waals surface area contributed by atoms with Crippen molar-refractivity contribution in [2.45, 2.75) is 20.4 Å². The third kappa shape index (κ3) is 2.79. The van der Waals surface area contributed by atoms with Crippen LogP contribution in [0.4, 0.5) is 5.95 Å². The fourth-order valence-electron chi connectivity index (χ4n) is 1.52. The molecule has 0 unspecified atom stereocenters. The van der Waals surface area contributed by atoms with Crippen LogP contribution < -0.4 is 5.32 Å². The van der Waals surface area contributed by atoms with Gasteiger partial charge in [-0.05, 0) is 26.0 Å². The molecule has 0 saturated carbocycles. The van der Waals surface area contributed by atoms with Crippen molar-refractivity contribution >= 4 is 5.95 Å². The summed E-state index contributed by atoms with van der Waals surface area (Å²) in [6.07, 6.45) is 3.71. The van der Waals surface area contributed by atoms with Gasteiger partial charge >= 0.3 is 0 Å². The van der Waals surface area contributed by atoms with Crippen LogP contribution in [0.2, 0.25) is 0 Å². The van der Waals surface area contributed by atoms with Crippen molar-refractivity contribution in [1.82, 2.24) is 19.7 Å². The van der Waals surface area contributed by atoms with Crippen LogP contribution in [0.5, 0.6) is 0 Å². The molecule has 0 atom stereocenters. The summed E-state index contributed by atoms with van der Waals surface area (Å²) in [5, 5.41) is 7.30. The molecule has 0 bridgehead atoms. The van der Waals surface area contributed by atoms with Gasteiger partial charge in [-0.25, -0.2) is 9.97 Å². The quantitative estimate of drug-likeness (QED) is 0.841. The maximum Gasteiger partial charge on any atom is 0.223 e. The number of rotatable bonds is 4. The molecule has 16 heavy (non-hydrogen) atoms. The van der Waals surface area contributed by atoms with Crippen LogP contribution >= 0.6 is 0 Å². The highest BCUT2D eigenvalue weighted by atomic mass is 15.3. The minimum Gasteiger partial charge on any atom is -0.352 e. The molecule has 2 aromatic rings. The zero-order chi connectivity index (χ0) is 11.4. The summed E-state index contributed by atoms with van der Waals surface area (Å²) in [5.74, 6) is 0.685. The van der Waals surface area contributed by atoms with Crippen molar-refractivity contribution in [3.05, 3.63) is 35.9 Å². The fourth-order valence-corrected chi connectivity index (χ4v) is 1.52. The van der Waals surface area contributed by atoms with E-state index in [0.717, 1.165) is 24.5 Å². The topological polar surface area (TPSA) is 55.6 Å². The summed E-state index contributed by atoms with van der Waals surface area (Å²) >= 11 is 0. The van der Waals surface area contributed by atoms with Crippen molar-refractivity contribution in [2.24, 2.45) is 0 Å². The molecule has 5 heteroatoms. The second kappa shape index (κ2) is 4.74. The molecule has 5 nitrogen and oxygen atoms in total. The van der Waals surface area contributed by atoms with Gasteiger partial charge in [0.05, 0.1) is 6.54 Å². The molecule has 0 spiro atoms. The van der Waals surface area contributed by atoms with E-state index in [-0.39, 0.29) is 0 Å². The first-order valence-corrected chi connectivity index (χ1v) is 5.27. The molecular formula is C11H15N5. The summed E-state index contributed by atoms with van der Waals surface area (Å²) in [7, 11) is 0. The lowest BCUT2D eigenvalue weighted by molar-refractivity contribution is 0.636. The molecule has 0 aliphatic heterocycles. The fraction of sp³-hybridized carbons (Fsp3) is 0.364. The molecule has 0 amide bonds. The normalized spacial score (nSPS) is 10.4. The number of hydrogen-bond donors (Lipinski definition) is 1. The SMILES string of the molecule is Cc1cc(C)nc(NCCn2cccn2)n1. The first-order chi connectivity index (χ1) is 7.74. The van der Waals surface area contributed by atoms with Gasteiger partial charge in [-0.3, -0.25) is 4.68 Å². The molecule has 0 saturated heterocycles. The average molecular weight is 217 g/mol. The molecular weight excluding hydrogens is 202 g/mol. The zero-order valence-electron chi connectivity index (χ0n) is 9.51. The molecule has 0 aliphatic rings. The Morgan fingerprint density at radius 3 is 2.62 bits per heavy atom. The maximum atomic E-state index is 4.30. The molecule has 2 heterocycles. The summed E-state index contributed by atoms with van der Waals surface area (Å²) < 4.78 is 1.87. The molecule has 0 radical (unpaired) electrons. The van der Waals surface area contributed by atoms with E-state index in [1.807, 2.05) is 36.9 Å². The Morgan fingerprint density at radius 1 is 1.25 bits per heavy atom. The summed E-state index contributed by atoms with van der Waals surface area (Å²) in [6.45, 7) is 5.51. The van der Waals surface area contributed by atoms with Crippen LogP contribution in [0.3, 0.4) is 0 Å². The standard InChI is InChI=1S/C11H15N5/c1-9-8-10(2)15-11(14-9)12-5-7-16-6-3-4-13-16/h3-4,6,8H,5,7H2,1-2H3,(H,12,14,15). The predicted molar refractivity (Wildman–Crippen MR) is 62.2 cm³/mol. The number of aryl methyl sites for hydroxylation is 2. The summed E-state index contributed by atoms with van der Waals surface area (Å²) in [4.78, 5) is 8.60. The second-order valence-electron chi connectivity index (χ2n) is 3.67. The van der Waals surface area contributed by atoms with Crippen LogP contribution in [-0.4, -0.2) is 26.3 Å². The van der Waals surface area contributed by atoms with Crippen LogP contribution in [0, 0.1) is 13.8 Å². The van der Waals surface area contributed by atoms with Crippen molar-refractivity contribution in [2.75, 3.05) is 11.9 Å². The number of aromatic nitrogens is 4. The van der Waals surface area contributed by atoms with Crippen molar-refractivity contribution < 1.29 is 0 Å². The maximum absolute atomic E-state index is 4.30. The molecule has 0 aromatic carbocycles. The molecule has 2 rings (SSSR count). The van der Waals surface area contributed by atoms with Crippen LogP contribution in [0.1, 0.15) is 11.4 Å². The van der Waals surface area contributed by atoms with E-state index in [1.165, 1.54) is 0 Å². The van der Waals surface area contributed by atoms with Crippen molar-refractivity contribution in [3.63, 3.8) is 0 Å². The Labute approximate surface area is 94.5 Å². The highest BCUT2D eigenvalue weighted by Crippen LogP contribution is 2.03. The van der Waals surface area contributed by atoms with Gasteiger partial charge in [-0.15, -0.1) is 0 Å². The van der Waals surface area contributed by atoms with Gasteiger partial charge in [-0.1, -0.05) is 0 Å². The lowest BCUT2D eigenvalue weighted by Crippen LogP contribution is -2.13. The van der Waals surface area contributed by atoms with E-state index in [2.05, 4.69) is 20.4 Å². The Bertz CT molecular complexity index is 429. The third-order valence-corrected chi connectivity index (χ3v) is 2.17. The van der Waals surface area contributed by atoms with E-state index in [1.54, 1.807) is 6.20 Å². The predicted octanol–water partition coefficient (Wildman–Crippen LogP) is 1.40. The Morgan fingerprint density at radius 2 is 2.00 bits per heavy atom. The van der Waals surface area contributed by atoms with E-state index < -0.39 is 0 Å². The Hall–Kier alpha value is -1.91. The van der Waals surface area contributed by atoms with Gasteiger partial charge in [0.15, 0.2) is 0 Å². The number of nitrogens with zero attached hydrogens (tertiary/aromatic N) is 4. The van der Waals surface area contributed by atoms with Crippen LogP contribution in [-0.2, 0) is 6.54 Å². The van der Waals surface area contributed by atoms with E-state index in [9.17, 15) is 0 Å². The van der Waals surface area contributed by atoms with Gasteiger partial charge < -0.3 is 5.32 Å². The van der Waals surface area contributed by atoms with Gasteiger partial charge in [-0.2, -0.15) is 5.10 Å². The number of anilines is 1. The summed E-state index contributed by atoms with van der Waals surface area (Å²) in [5.41, 5.74) is 1.96. The van der Waals surface area contributed by atoms with Gasteiger partial charge in [0.25, 0.3) is 0 Å². The lowest BCUT2D eigenvalue weighted by Gasteiger charge is -2.06. The van der Waals surface area contributed by atoms with E-state index in [4.69, 9.17) is 0 Å². The Kier molecular flexibility index (Phi) is 3.14. The first-order valence-electron chi connectivity index (χ1n) is 5.27. The number of nitrogens with one attached hydrogen (secondary N) is 1. The zero-order valence-corrected chi connectivity index (χ0v) is 9.51. The minimum absolute atomic E-state index is 0.685. The Balaban J connectivity index is 1.89. The highest BCUT2D eigenvalue weighted by Gasteiger charge is 1.98. The lowest BCUT2D eigenvalue weighted by atomic mass is 10.4. The molecule has 2 aromatic heterocycles. The first kappa shape index (κ1) is 10.6. The molecule has 0 fully saturated rings. The monoisotopic (exact) mass is 217 g/mol.